The van der Waals surface area contributed by atoms with Crippen molar-refractivity contribution in [3.05, 3.63) is 58.3 Å². The van der Waals surface area contributed by atoms with E-state index in [1.165, 1.54) is 11.3 Å². The number of rotatable bonds is 5. The molecule has 5 nitrogen and oxygen atoms in total. The third-order valence-corrected chi connectivity index (χ3v) is 6.82. The summed E-state index contributed by atoms with van der Waals surface area (Å²) in [6, 6.07) is 13.9. The van der Waals surface area contributed by atoms with Crippen molar-refractivity contribution in [3.8, 4) is 0 Å². The lowest BCUT2D eigenvalue weighted by Gasteiger charge is -2.43. The Bertz CT molecular complexity index is 792. The highest BCUT2D eigenvalue weighted by atomic mass is 32.1. The molecule has 28 heavy (non-hydrogen) atoms. The maximum atomic E-state index is 13.6. The van der Waals surface area contributed by atoms with Crippen molar-refractivity contribution in [2.24, 2.45) is 0 Å². The Morgan fingerprint density at radius 1 is 0.964 bits per heavy atom. The van der Waals surface area contributed by atoms with E-state index in [-0.39, 0.29) is 11.7 Å². The second-order valence-corrected chi connectivity index (χ2v) is 8.48. The summed E-state index contributed by atoms with van der Waals surface area (Å²) in [6.07, 6.45) is 1.46. The lowest BCUT2D eigenvalue weighted by Crippen LogP contribution is -2.56. The molecule has 1 aromatic carbocycles. The molecule has 0 saturated carbocycles. The smallest absolute Gasteiger partial charge is 0.233 e. The summed E-state index contributed by atoms with van der Waals surface area (Å²) in [7, 11) is 0. The fourth-order valence-electron chi connectivity index (χ4n) is 4.23. The summed E-state index contributed by atoms with van der Waals surface area (Å²) >= 11 is 1.49. The van der Waals surface area contributed by atoms with E-state index in [2.05, 4.69) is 17.0 Å². The van der Waals surface area contributed by atoms with Gasteiger partial charge in [0.2, 0.25) is 5.91 Å². The van der Waals surface area contributed by atoms with Gasteiger partial charge in [0.05, 0.1) is 16.8 Å². The highest BCUT2D eigenvalue weighted by Crippen LogP contribution is 2.37. The van der Waals surface area contributed by atoms with Crippen LogP contribution >= 0.6 is 11.3 Å². The molecule has 2 aromatic rings. The Hall–Kier alpha value is -2.02. The van der Waals surface area contributed by atoms with Gasteiger partial charge in [0.25, 0.3) is 0 Å². The van der Waals surface area contributed by atoms with Crippen LogP contribution in [0.15, 0.2) is 47.8 Å². The number of ketones is 1. The summed E-state index contributed by atoms with van der Waals surface area (Å²) in [6.45, 7) is 4.50. The average molecular weight is 399 g/mol. The molecule has 2 fully saturated rings. The minimum Gasteiger partial charge on any atom is -0.381 e. The van der Waals surface area contributed by atoms with Crippen molar-refractivity contribution in [2.45, 2.75) is 18.3 Å². The third kappa shape index (κ3) is 3.90. The lowest BCUT2D eigenvalue weighted by atomic mass is 9.73. The van der Waals surface area contributed by atoms with Gasteiger partial charge in [-0.1, -0.05) is 36.4 Å². The molecule has 1 aromatic heterocycles. The van der Waals surface area contributed by atoms with E-state index in [1.54, 1.807) is 0 Å². The number of nitrogens with zero attached hydrogens (tertiary/aromatic N) is 2. The van der Waals surface area contributed by atoms with Crippen molar-refractivity contribution >= 4 is 23.0 Å². The van der Waals surface area contributed by atoms with E-state index >= 15 is 0 Å². The van der Waals surface area contributed by atoms with Crippen LogP contribution in [0.2, 0.25) is 0 Å². The zero-order valence-corrected chi connectivity index (χ0v) is 16.8. The molecule has 4 rings (SSSR count). The summed E-state index contributed by atoms with van der Waals surface area (Å²) in [5, 5.41) is 1.93. The van der Waals surface area contributed by atoms with Gasteiger partial charge in [-0.3, -0.25) is 14.5 Å². The number of benzene rings is 1. The molecule has 6 heteroatoms. The average Bonchev–Trinajstić information content (AvgIpc) is 3.30. The molecule has 2 aliphatic heterocycles. The second kappa shape index (κ2) is 8.55. The van der Waals surface area contributed by atoms with Crippen LogP contribution in [0.4, 0.5) is 0 Å². The Kier molecular flexibility index (Phi) is 5.90. The molecule has 0 N–H and O–H groups in total. The molecule has 0 atom stereocenters. The number of amides is 1. The molecular formula is C22H26N2O3S. The molecule has 2 saturated heterocycles. The van der Waals surface area contributed by atoms with E-state index in [0.717, 1.165) is 36.4 Å². The first-order valence-corrected chi connectivity index (χ1v) is 10.8. The molecule has 0 unspecified atom stereocenters. The lowest BCUT2D eigenvalue weighted by molar-refractivity contribution is -0.143. The van der Waals surface area contributed by atoms with Crippen LogP contribution in [-0.2, 0) is 14.9 Å². The number of ether oxygens (including phenoxy) is 1. The number of hydrogen-bond acceptors (Lipinski definition) is 5. The van der Waals surface area contributed by atoms with E-state index < -0.39 is 5.41 Å². The van der Waals surface area contributed by atoms with Crippen molar-refractivity contribution in [3.63, 3.8) is 0 Å². The topological polar surface area (TPSA) is 49.9 Å². The van der Waals surface area contributed by atoms with Crippen LogP contribution in [0.5, 0.6) is 0 Å². The van der Waals surface area contributed by atoms with E-state index in [0.29, 0.717) is 32.8 Å². The van der Waals surface area contributed by atoms with Crippen LogP contribution in [0.25, 0.3) is 0 Å². The molecule has 0 spiro atoms. The monoisotopic (exact) mass is 398 g/mol. The predicted octanol–water partition coefficient (Wildman–Crippen LogP) is 2.82. The molecular weight excluding hydrogens is 372 g/mol. The van der Waals surface area contributed by atoms with E-state index in [1.807, 2.05) is 40.6 Å². The third-order valence-electron chi connectivity index (χ3n) is 5.90. The van der Waals surface area contributed by atoms with Gasteiger partial charge in [-0.15, -0.1) is 11.3 Å². The molecule has 148 valence electrons. The van der Waals surface area contributed by atoms with Gasteiger partial charge in [0, 0.05) is 39.4 Å². The largest absolute Gasteiger partial charge is 0.381 e. The Balaban J connectivity index is 1.41. The zero-order chi connectivity index (χ0) is 19.4. The van der Waals surface area contributed by atoms with Crippen molar-refractivity contribution in [1.29, 1.82) is 0 Å². The Labute approximate surface area is 169 Å². The highest BCUT2D eigenvalue weighted by molar-refractivity contribution is 7.12. The van der Waals surface area contributed by atoms with Crippen molar-refractivity contribution in [1.82, 2.24) is 9.80 Å². The predicted molar refractivity (Wildman–Crippen MR) is 110 cm³/mol. The number of carbonyl (C=O) groups excluding carboxylic acids is 2. The molecule has 1 amide bonds. The van der Waals surface area contributed by atoms with Crippen LogP contribution in [0, 0.1) is 0 Å². The fraction of sp³-hybridized carbons (Fsp3) is 0.455. The van der Waals surface area contributed by atoms with Crippen LogP contribution < -0.4 is 0 Å². The minimum atomic E-state index is -0.478. The van der Waals surface area contributed by atoms with Gasteiger partial charge < -0.3 is 9.64 Å². The summed E-state index contributed by atoms with van der Waals surface area (Å²) < 4.78 is 5.56. The van der Waals surface area contributed by atoms with Crippen molar-refractivity contribution < 1.29 is 14.3 Å². The van der Waals surface area contributed by atoms with Gasteiger partial charge in [-0.25, -0.2) is 0 Å². The Morgan fingerprint density at radius 2 is 1.68 bits per heavy atom. The maximum Gasteiger partial charge on any atom is 0.233 e. The Morgan fingerprint density at radius 3 is 2.32 bits per heavy atom. The van der Waals surface area contributed by atoms with Crippen LogP contribution in [-0.4, -0.2) is 67.4 Å². The molecule has 2 aliphatic rings. The highest BCUT2D eigenvalue weighted by Gasteiger charge is 2.44. The first kappa shape index (κ1) is 19.3. The SMILES string of the molecule is O=C(CN1CCN(C(=O)C2(c3ccccc3)CCOCC2)CC1)c1cccs1. The number of carbonyl (C=O) groups is 2. The van der Waals surface area contributed by atoms with Crippen LogP contribution in [0.3, 0.4) is 0 Å². The van der Waals surface area contributed by atoms with Gasteiger partial charge >= 0.3 is 0 Å². The number of piperazine rings is 1. The summed E-state index contributed by atoms with van der Waals surface area (Å²) in [4.78, 5) is 30.9. The second-order valence-electron chi connectivity index (χ2n) is 7.53. The van der Waals surface area contributed by atoms with Gasteiger partial charge in [0.15, 0.2) is 5.78 Å². The standard InChI is InChI=1S/C22H26N2O3S/c25-19(20-7-4-16-28-20)17-23-10-12-24(13-11-23)21(26)22(8-14-27-15-9-22)18-5-2-1-3-6-18/h1-7,16H,8-15,17H2. The van der Waals surface area contributed by atoms with E-state index in [9.17, 15) is 9.59 Å². The van der Waals surface area contributed by atoms with Gasteiger partial charge in [-0.2, -0.15) is 0 Å². The normalized spacial score (nSPS) is 20.1. The molecule has 3 heterocycles. The molecule has 0 aliphatic carbocycles. The molecule has 0 bridgehead atoms. The fourth-order valence-corrected chi connectivity index (χ4v) is 4.89. The quantitative estimate of drug-likeness (QED) is 0.727. The first-order valence-electron chi connectivity index (χ1n) is 9.91. The summed E-state index contributed by atoms with van der Waals surface area (Å²) in [5.74, 6) is 0.381. The molecule has 0 radical (unpaired) electrons. The number of hydrogen-bond donors (Lipinski definition) is 0. The summed E-state index contributed by atoms with van der Waals surface area (Å²) in [5.41, 5.74) is 0.618. The van der Waals surface area contributed by atoms with Gasteiger partial charge in [0.1, 0.15) is 0 Å². The number of thiophene rings is 1. The minimum absolute atomic E-state index is 0.167. The van der Waals surface area contributed by atoms with E-state index in [4.69, 9.17) is 4.74 Å². The first-order chi connectivity index (χ1) is 13.7. The van der Waals surface area contributed by atoms with Crippen LogP contribution in [0.1, 0.15) is 28.1 Å². The maximum absolute atomic E-state index is 13.6. The number of Topliss-reactive ketones (excluding diaryl/α,β-unsaturated/α-hetero) is 1. The van der Waals surface area contributed by atoms with Gasteiger partial charge in [-0.05, 0) is 29.9 Å². The van der Waals surface area contributed by atoms with Crippen molar-refractivity contribution in [2.75, 3.05) is 45.9 Å². The zero-order valence-electron chi connectivity index (χ0n) is 16.0.